The van der Waals surface area contributed by atoms with Crippen LogP contribution >= 0.6 is 11.6 Å². The van der Waals surface area contributed by atoms with Crippen LogP contribution < -0.4 is 10.6 Å². The largest absolute Gasteiger partial charge is 0.361 e. The highest BCUT2D eigenvalue weighted by Crippen LogP contribution is 2.26. The second-order valence-electron chi connectivity index (χ2n) is 6.55. The number of anilines is 3. The van der Waals surface area contributed by atoms with Gasteiger partial charge in [-0.2, -0.15) is 0 Å². The van der Waals surface area contributed by atoms with E-state index >= 15 is 0 Å². The molecule has 4 aromatic rings. The van der Waals surface area contributed by atoms with Crippen molar-refractivity contribution in [2.24, 2.45) is 0 Å². The van der Waals surface area contributed by atoms with Gasteiger partial charge in [0.25, 0.3) is 0 Å². The number of pyridine rings is 1. The van der Waals surface area contributed by atoms with Crippen molar-refractivity contribution >= 4 is 45.6 Å². The molecule has 0 radical (unpaired) electrons. The summed E-state index contributed by atoms with van der Waals surface area (Å²) in [5.74, 6) is 0.595. The van der Waals surface area contributed by atoms with Gasteiger partial charge in [0.15, 0.2) is 0 Å². The van der Waals surface area contributed by atoms with Crippen molar-refractivity contribution < 1.29 is 4.79 Å². The first-order valence-corrected chi connectivity index (χ1v) is 9.31. The molecule has 4 rings (SSSR count). The summed E-state index contributed by atoms with van der Waals surface area (Å²) in [6.45, 7) is 1.95. The fourth-order valence-corrected chi connectivity index (χ4v) is 3.25. The minimum Gasteiger partial charge on any atom is -0.361 e. The Bertz CT molecular complexity index is 1130. The lowest BCUT2D eigenvalue weighted by molar-refractivity contribution is -0.115. The van der Waals surface area contributed by atoms with Gasteiger partial charge in [-0.15, -0.1) is 0 Å². The molecule has 0 aliphatic heterocycles. The molecular weight excluding hydrogens is 372 g/mol. The summed E-state index contributed by atoms with van der Waals surface area (Å²) in [4.78, 5) is 20.0. The standard InChI is InChI=1S/C22H19ClN4O/c1-14-18(23)6-4-8-19(14)27-21-10-9-16(13-25-21)26-22(28)11-15-12-24-20-7-3-2-5-17(15)20/h2-10,12-13,24H,11H2,1H3,(H,25,27)(H,26,28). The second-order valence-corrected chi connectivity index (χ2v) is 6.96. The monoisotopic (exact) mass is 390 g/mol. The third-order valence-corrected chi connectivity index (χ3v) is 5.01. The summed E-state index contributed by atoms with van der Waals surface area (Å²) in [6, 6.07) is 17.3. The minimum absolute atomic E-state index is 0.0852. The average Bonchev–Trinajstić information content (AvgIpc) is 3.10. The summed E-state index contributed by atoms with van der Waals surface area (Å²) in [5.41, 5.74) is 4.51. The number of rotatable bonds is 5. The molecule has 5 nitrogen and oxygen atoms in total. The van der Waals surface area contributed by atoms with E-state index in [0.29, 0.717) is 22.9 Å². The van der Waals surface area contributed by atoms with E-state index in [1.807, 2.05) is 67.7 Å². The number of halogens is 1. The highest BCUT2D eigenvalue weighted by molar-refractivity contribution is 6.31. The number of fused-ring (bicyclic) bond motifs is 1. The van der Waals surface area contributed by atoms with Gasteiger partial charge in [0, 0.05) is 27.8 Å². The van der Waals surface area contributed by atoms with Crippen molar-refractivity contribution in [3.8, 4) is 0 Å². The Morgan fingerprint density at radius 3 is 2.79 bits per heavy atom. The first-order chi connectivity index (χ1) is 13.6. The third kappa shape index (κ3) is 3.85. The van der Waals surface area contributed by atoms with Gasteiger partial charge >= 0.3 is 0 Å². The van der Waals surface area contributed by atoms with Crippen LogP contribution in [0.1, 0.15) is 11.1 Å². The van der Waals surface area contributed by atoms with Gasteiger partial charge in [-0.25, -0.2) is 4.98 Å². The van der Waals surface area contributed by atoms with Crippen LogP contribution in [0.25, 0.3) is 10.9 Å². The maximum Gasteiger partial charge on any atom is 0.228 e. The van der Waals surface area contributed by atoms with Gasteiger partial charge in [0.05, 0.1) is 18.3 Å². The average molecular weight is 391 g/mol. The lowest BCUT2D eigenvalue weighted by atomic mass is 10.1. The highest BCUT2D eigenvalue weighted by Gasteiger charge is 2.09. The van der Waals surface area contributed by atoms with Gasteiger partial charge < -0.3 is 15.6 Å². The normalized spacial score (nSPS) is 10.8. The maximum atomic E-state index is 12.4. The summed E-state index contributed by atoms with van der Waals surface area (Å²) >= 11 is 6.15. The molecule has 0 atom stereocenters. The van der Waals surface area contributed by atoms with E-state index in [1.54, 1.807) is 6.20 Å². The lowest BCUT2D eigenvalue weighted by Crippen LogP contribution is -2.14. The van der Waals surface area contributed by atoms with Crippen LogP contribution in [0.4, 0.5) is 17.2 Å². The summed E-state index contributed by atoms with van der Waals surface area (Å²) in [6.07, 6.45) is 3.81. The lowest BCUT2D eigenvalue weighted by Gasteiger charge is -2.10. The Kier molecular flexibility index (Phi) is 5.00. The number of amides is 1. The first-order valence-electron chi connectivity index (χ1n) is 8.93. The van der Waals surface area contributed by atoms with Crippen molar-refractivity contribution in [3.63, 3.8) is 0 Å². The van der Waals surface area contributed by atoms with E-state index in [9.17, 15) is 4.79 Å². The predicted octanol–water partition coefficient (Wildman–Crippen LogP) is 5.45. The second kappa shape index (κ2) is 7.74. The molecule has 2 aromatic heterocycles. The van der Waals surface area contributed by atoms with E-state index in [-0.39, 0.29) is 5.91 Å². The van der Waals surface area contributed by atoms with E-state index in [4.69, 9.17) is 11.6 Å². The zero-order chi connectivity index (χ0) is 19.5. The van der Waals surface area contributed by atoms with Gasteiger partial charge in [0.2, 0.25) is 5.91 Å². The number of nitrogens with one attached hydrogen (secondary N) is 3. The number of aromatic amines is 1. The molecule has 0 spiro atoms. The van der Waals surface area contributed by atoms with Crippen LogP contribution in [-0.2, 0) is 11.2 Å². The van der Waals surface area contributed by atoms with E-state index in [0.717, 1.165) is 27.7 Å². The zero-order valence-electron chi connectivity index (χ0n) is 15.3. The van der Waals surface area contributed by atoms with Crippen molar-refractivity contribution in [1.29, 1.82) is 0 Å². The molecular formula is C22H19ClN4O. The molecule has 28 heavy (non-hydrogen) atoms. The smallest absolute Gasteiger partial charge is 0.228 e. The molecule has 140 valence electrons. The SMILES string of the molecule is Cc1c(Cl)cccc1Nc1ccc(NC(=O)Cc2c[nH]c3ccccc23)cn1. The fraction of sp³-hybridized carbons (Fsp3) is 0.0909. The number of hydrogen-bond donors (Lipinski definition) is 3. The number of hydrogen-bond acceptors (Lipinski definition) is 3. The molecule has 0 fully saturated rings. The van der Waals surface area contributed by atoms with E-state index < -0.39 is 0 Å². The van der Waals surface area contributed by atoms with Crippen molar-refractivity contribution in [1.82, 2.24) is 9.97 Å². The highest BCUT2D eigenvalue weighted by atomic mass is 35.5. The van der Waals surface area contributed by atoms with Crippen LogP contribution in [-0.4, -0.2) is 15.9 Å². The summed E-state index contributed by atoms with van der Waals surface area (Å²) in [7, 11) is 0. The Labute approximate surface area is 167 Å². The Balaban J connectivity index is 1.41. The van der Waals surface area contributed by atoms with Crippen molar-refractivity contribution in [3.05, 3.63) is 83.1 Å². The summed E-state index contributed by atoms with van der Waals surface area (Å²) < 4.78 is 0. The molecule has 3 N–H and O–H groups in total. The molecule has 2 heterocycles. The molecule has 0 bridgehead atoms. The third-order valence-electron chi connectivity index (χ3n) is 4.60. The van der Waals surface area contributed by atoms with Crippen molar-refractivity contribution in [2.75, 3.05) is 10.6 Å². The molecule has 1 amide bonds. The van der Waals surface area contributed by atoms with Crippen LogP contribution in [0.2, 0.25) is 5.02 Å². The number of carbonyl (C=O) groups excluding carboxylic acids is 1. The number of benzene rings is 2. The molecule has 0 aliphatic carbocycles. The molecule has 0 saturated carbocycles. The first kappa shape index (κ1) is 18.1. The predicted molar refractivity (Wildman–Crippen MR) is 114 cm³/mol. The van der Waals surface area contributed by atoms with Gasteiger partial charge in [-0.3, -0.25) is 4.79 Å². The number of aromatic nitrogens is 2. The number of H-pyrrole nitrogens is 1. The zero-order valence-corrected chi connectivity index (χ0v) is 16.0. The van der Waals surface area contributed by atoms with E-state index in [1.165, 1.54) is 0 Å². The summed E-state index contributed by atoms with van der Waals surface area (Å²) in [5, 5.41) is 7.89. The Hall–Kier alpha value is -3.31. The quantitative estimate of drug-likeness (QED) is 0.424. The molecule has 6 heteroatoms. The number of para-hydroxylation sites is 1. The molecule has 0 saturated heterocycles. The number of nitrogens with zero attached hydrogens (tertiary/aromatic N) is 1. The van der Waals surface area contributed by atoms with E-state index in [2.05, 4.69) is 20.6 Å². The Morgan fingerprint density at radius 2 is 1.96 bits per heavy atom. The number of carbonyl (C=O) groups is 1. The Morgan fingerprint density at radius 1 is 1.11 bits per heavy atom. The maximum absolute atomic E-state index is 12.4. The van der Waals surface area contributed by atoms with Crippen LogP contribution in [0.15, 0.2) is 67.0 Å². The topological polar surface area (TPSA) is 69.8 Å². The van der Waals surface area contributed by atoms with Crippen LogP contribution in [0.3, 0.4) is 0 Å². The van der Waals surface area contributed by atoms with Gasteiger partial charge in [-0.05, 0) is 48.4 Å². The minimum atomic E-state index is -0.0852. The van der Waals surface area contributed by atoms with Gasteiger partial charge in [0.1, 0.15) is 5.82 Å². The molecule has 0 unspecified atom stereocenters. The van der Waals surface area contributed by atoms with Crippen molar-refractivity contribution in [2.45, 2.75) is 13.3 Å². The molecule has 2 aromatic carbocycles. The van der Waals surface area contributed by atoms with Crippen LogP contribution in [0, 0.1) is 6.92 Å². The van der Waals surface area contributed by atoms with Gasteiger partial charge in [-0.1, -0.05) is 35.9 Å². The fourth-order valence-electron chi connectivity index (χ4n) is 3.08. The van der Waals surface area contributed by atoms with Crippen LogP contribution in [0.5, 0.6) is 0 Å². The molecule has 0 aliphatic rings.